The molecule has 0 aliphatic rings. The monoisotopic (exact) mass is 288 g/mol. The van der Waals surface area contributed by atoms with Crippen molar-refractivity contribution < 1.29 is 5.11 Å². The van der Waals surface area contributed by atoms with Gasteiger partial charge in [-0.1, -0.05) is 0 Å². The Bertz CT molecular complexity index is 187. The van der Waals surface area contributed by atoms with Crippen molar-refractivity contribution in [1.29, 1.82) is 0 Å². The molecule has 0 heterocycles. The first-order valence-electron chi connectivity index (χ1n) is 7.01. The van der Waals surface area contributed by atoms with Crippen molar-refractivity contribution in [1.82, 2.24) is 0 Å². The van der Waals surface area contributed by atoms with E-state index in [0.717, 1.165) is 6.42 Å². The molecular formula is C14H30GeO. The van der Waals surface area contributed by atoms with E-state index < -0.39 is 13.3 Å². The fourth-order valence-corrected chi connectivity index (χ4v) is 11.2. The topological polar surface area (TPSA) is 20.2 Å². The summed E-state index contributed by atoms with van der Waals surface area (Å²) in [6.07, 6.45) is 7.21. The number of unbranched alkanes of at least 4 members (excludes halogenated alkanes) is 2. The van der Waals surface area contributed by atoms with Crippen molar-refractivity contribution in [2.75, 3.05) is 6.61 Å². The van der Waals surface area contributed by atoms with Gasteiger partial charge in [0.1, 0.15) is 0 Å². The predicted octanol–water partition coefficient (Wildman–Crippen LogP) is 4.53. The molecule has 0 amide bonds. The molecule has 0 saturated carbocycles. The van der Waals surface area contributed by atoms with E-state index in [-0.39, 0.29) is 0 Å². The molecule has 1 N–H and O–H groups in total. The van der Waals surface area contributed by atoms with Crippen molar-refractivity contribution >= 4 is 13.3 Å². The van der Waals surface area contributed by atoms with Crippen molar-refractivity contribution in [3.05, 3.63) is 10.5 Å². The van der Waals surface area contributed by atoms with E-state index >= 15 is 0 Å². The summed E-state index contributed by atoms with van der Waals surface area (Å²) in [6.45, 7) is 9.66. The van der Waals surface area contributed by atoms with E-state index in [0.29, 0.717) is 6.61 Å². The maximum absolute atomic E-state index is 9.23. The molecule has 16 heavy (non-hydrogen) atoms. The van der Waals surface area contributed by atoms with Crippen LogP contribution in [0.4, 0.5) is 0 Å². The molecule has 0 aliphatic carbocycles. The third-order valence-corrected chi connectivity index (χ3v) is 16.4. The molecule has 0 unspecified atom stereocenters. The first-order valence-corrected chi connectivity index (χ1v) is 12.5. The minimum absolute atomic E-state index is 0.338. The van der Waals surface area contributed by atoms with Gasteiger partial charge in [0.05, 0.1) is 0 Å². The number of aliphatic hydroxyl groups excluding tert-OH is 1. The Kier molecular flexibility index (Phi) is 9.43. The number of rotatable bonds is 9. The average molecular weight is 287 g/mol. The van der Waals surface area contributed by atoms with Crippen LogP contribution in [0.2, 0.25) is 15.8 Å². The van der Waals surface area contributed by atoms with Gasteiger partial charge >= 0.3 is 105 Å². The quantitative estimate of drug-likeness (QED) is 0.488. The van der Waals surface area contributed by atoms with Gasteiger partial charge in [0.25, 0.3) is 0 Å². The summed E-state index contributed by atoms with van der Waals surface area (Å²) in [6, 6.07) is 0. The van der Waals surface area contributed by atoms with Gasteiger partial charge in [0, 0.05) is 0 Å². The van der Waals surface area contributed by atoms with Crippen LogP contribution in [0.3, 0.4) is 0 Å². The average Bonchev–Trinajstić information content (AvgIpc) is 2.32. The van der Waals surface area contributed by atoms with Gasteiger partial charge in [-0.05, 0) is 0 Å². The second kappa shape index (κ2) is 9.29. The molecule has 0 aromatic rings. The van der Waals surface area contributed by atoms with Gasteiger partial charge in [0.2, 0.25) is 0 Å². The fourth-order valence-electron chi connectivity index (χ4n) is 2.62. The maximum atomic E-state index is 9.23. The van der Waals surface area contributed by atoms with Crippen molar-refractivity contribution in [2.45, 2.75) is 69.1 Å². The molecule has 0 rings (SSSR count). The van der Waals surface area contributed by atoms with E-state index in [1.54, 1.807) is 4.41 Å². The Labute approximate surface area is 105 Å². The van der Waals surface area contributed by atoms with Crippen molar-refractivity contribution in [3.63, 3.8) is 0 Å². The molecule has 1 nitrogen and oxygen atoms in total. The second-order valence-corrected chi connectivity index (χ2v) is 15.9. The first-order chi connectivity index (χ1) is 7.70. The Hall–Kier alpha value is 0.243. The number of hydrogen-bond acceptors (Lipinski definition) is 1. The van der Waals surface area contributed by atoms with Crippen molar-refractivity contribution in [3.8, 4) is 0 Å². The zero-order valence-electron chi connectivity index (χ0n) is 11.7. The minimum atomic E-state index is -1.76. The summed E-state index contributed by atoms with van der Waals surface area (Å²) in [5.74, 6) is 0. The molecule has 0 radical (unpaired) electrons. The number of hydrogen-bond donors (Lipinski definition) is 1. The molecule has 0 fully saturated rings. The van der Waals surface area contributed by atoms with Crippen molar-refractivity contribution in [2.24, 2.45) is 0 Å². The molecule has 0 atom stereocenters. The summed E-state index contributed by atoms with van der Waals surface area (Å²) < 4.78 is 1.68. The molecule has 0 aliphatic heterocycles. The third kappa shape index (κ3) is 4.62. The molecular weight excluding hydrogens is 257 g/mol. The summed E-state index contributed by atoms with van der Waals surface area (Å²) in [7, 11) is 0. The Morgan fingerprint density at radius 3 is 2.00 bits per heavy atom. The summed E-state index contributed by atoms with van der Waals surface area (Å²) in [5.41, 5.74) is 0. The predicted molar refractivity (Wildman–Crippen MR) is 76.5 cm³/mol. The van der Waals surface area contributed by atoms with Gasteiger partial charge in [-0.15, -0.1) is 0 Å². The van der Waals surface area contributed by atoms with Gasteiger partial charge in [-0.3, -0.25) is 0 Å². The third-order valence-electron chi connectivity index (χ3n) is 4.04. The van der Waals surface area contributed by atoms with Crippen LogP contribution in [-0.2, 0) is 0 Å². The Morgan fingerprint density at radius 1 is 1.06 bits per heavy atom. The summed E-state index contributed by atoms with van der Waals surface area (Å²) >= 11 is -1.76. The van der Waals surface area contributed by atoms with E-state index in [1.165, 1.54) is 35.0 Å². The van der Waals surface area contributed by atoms with Crippen LogP contribution in [0.5, 0.6) is 0 Å². The van der Waals surface area contributed by atoms with Gasteiger partial charge in [0.15, 0.2) is 0 Å². The van der Waals surface area contributed by atoms with Crippen LogP contribution in [0.15, 0.2) is 10.5 Å². The summed E-state index contributed by atoms with van der Waals surface area (Å²) in [4.78, 5) is 0. The number of allylic oxidation sites excluding steroid dienone is 1. The van der Waals surface area contributed by atoms with Crippen LogP contribution >= 0.6 is 0 Å². The van der Waals surface area contributed by atoms with E-state index in [9.17, 15) is 5.11 Å². The Morgan fingerprint density at radius 2 is 1.62 bits per heavy atom. The fraction of sp³-hybridized carbons (Fsp3) is 0.857. The normalized spacial score (nSPS) is 13.2. The molecule has 0 spiro atoms. The van der Waals surface area contributed by atoms with E-state index in [2.05, 4.69) is 33.8 Å². The van der Waals surface area contributed by atoms with Crippen LogP contribution < -0.4 is 0 Å². The van der Waals surface area contributed by atoms with Crippen LogP contribution in [0.25, 0.3) is 0 Å². The Balaban J connectivity index is 4.76. The SMILES string of the molecule is CCCC/C=[C](/CCO)[Ge]([CH2]C)([CH2]C)[CH2]C. The van der Waals surface area contributed by atoms with Gasteiger partial charge < -0.3 is 0 Å². The zero-order valence-corrected chi connectivity index (χ0v) is 13.8. The van der Waals surface area contributed by atoms with Crippen LogP contribution in [0, 0.1) is 0 Å². The first kappa shape index (κ1) is 16.2. The molecule has 0 bridgehead atoms. The molecule has 96 valence electrons. The molecule has 2 heteroatoms. The molecule has 0 aromatic heterocycles. The number of aliphatic hydroxyl groups is 1. The van der Waals surface area contributed by atoms with Crippen LogP contribution in [0.1, 0.15) is 53.4 Å². The standard InChI is InChI=1S/C14H30GeO/c1-5-9-10-11-14(12-13-16)15(6-2,7-3)8-4/h11,16H,5-10,12-13H2,1-4H3/b14-11-. The van der Waals surface area contributed by atoms with E-state index in [4.69, 9.17) is 0 Å². The zero-order chi connectivity index (χ0) is 12.4. The van der Waals surface area contributed by atoms with E-state index in [1.807, 2.05) is 0 Å². The molecule has 0 saturated heterocycles. The second-order valence-electron chi connectivity index (χ2n) is 4.69. The van der Waals surface area contributed by atoms with Gasteiger partial charge in [-0.2, -0.15) is 0 Å². The van der Waals surface area contributed by atoms with Crippen LogP contribution in [-0.4, -0.2) is 25.0 Å². The summed E-state index contributed by atoms with van der Waals surface area (Å²) in [5, 5.41) is 13.4. The van der Waals surface area contributed by atoms with Gasteiger partial charge in [-0.25, -0.2) is 0 Å². The molecule has 0 aromatic carbocycles.